The number of nitrogens with one attached hydrogen (secondary N) is 1. The molecule has 3 aromatic carbocycles. The van der Waals surface area contributed by atoms with Gasteiger partial charge in [-0.1, -0.05) is 30.3 Å². The van der Waals surface area contributed by atoms with E-state index in [0.717, 1.165) is 11.0 Å². The number of piperazine rings is 1. The van der Waals surface area contributed by atoms with Gasteiger partial charge in [0, 0.05) is 25.2 Å². The molecule has 1 aromatic heterocycles. The maximum atomic E-state index is 13.5. The molecule has 8 nitrogen and oxygen atoms in total. The Morgan fingerprint density at radius 3 is 2.38 bits per heavy atom. The highest BCUT2D eigenvalue weighted by Crippen LogP contribution is 2.30. The third kappa shape index (κ3) is 4.04. The van der Waals surface area contributed by atoms with Gasteiger partial charge in [-0.05, 0) is 48.5 Å². The second-order valence-electron chi connectivity index (χ2n) is 8.06. The fourth-order valence-electron chi connectivity index (χ4n) is 4.22. The fraction of sp³-hybridized carbons (Fsp3) is 0.200. The van der Waals surface area contributed by atoms with Crippen molar-refractivity contribution in [3.05, 3.63) is 90.3 Å². The topological polar surface area (TPSA) is 95.6 Å². The number of methoxy groups -OCH3 is 1. The van der Waals surface area contributed by atoms with Crippen LogP contribution in [-0.2, 0) is 10.0 Å². The molecule has 2 heterocycles. The van der Waals surface area contributed by atoms with Crippen LogP contribution >= 0.6 is 0 Å². The van der Waals surface area contributed by atoms with Crippen LogP contribution in [0.25, 0.3) is 11.0 Å². The highest BCUT2D eigenvalue weighted by atomic mass is 32.2. The van der Waals surface area contributed by atoms with Crippen LogP contribution in [0.5, 0.6) is 5.75 Å². The second-order valence-corrected chi connectivity index (χ2v) is 10.00. The van der Waals surface area contributed by atoms with E-state index in [1.54, 1.807) is 66.6 Å². The van der Waals surface area contributed by atoms with Crippen LogP contribution in [0, 0.1) is 0 Å². The van der Waals surface area contributed by atoms with Crippen molar-refractivity contribution in [3.8, 4) is 5.75 Å². The van der Waals surface area contributed by atoms with Crippen molar-refractivity contribution >= 4 is 27.0 Å². The molecule has 0 aliphatic carbocycles. The van der Waals surface area contributed by atoms with Gasteiger partial charge >= 0.3 is 0 Å². The number of para-hydroxylation sites is 2. The van der Waals surface area contributed by atoms with Gasteiger partial charge in [-0.2, -0.15) is 4.31 Å². The molecule has 0 saturated carbocycles. The van der Waals surface area contributed by atoms with Crippen LogP contribution in [-0.4, -0.2) is 60.2 Å². The quantitative estimate of drug-likeness (QED) is 0.476. The minimum atomic E-state index is -3.72. The number of hydrogen-bond donors (Lipinski definition) is 1. The number of aromatic amines is 1. The van der Waals surface area contributed by atoms with E-state index in [1.807, 2.05) is 24.3 Å². The van der Waals surface area contributed by atoms with Gasteiger partial charge in [-0.15, -0.1) is 0 Å². The van der Waals surface area contributed by atoms with E-state index in [-0.39, 0.29) is 30.4 Å². The zero-order valence-electron chi connectivity index (χ0n) is 18.6. The Morgan fingerprint density at radius 1 is 0.971 bits per heavy atom. The fourth-order valence-corrected chi connectivity index (χ4v) is 5.68. The molecule has 0 radical (unpaired) electrons. The number of rotatable bonds is 5. The van der Waals surface area contributed by atoms with Crippen molar-refractivity contribution in [1.29, 1.82) is 0 Å². The summed E-state index contributed by atoms with van der Waals surface area (Å²) < 4.78 is 33.3. The van der Waals surface area contributed by atoms with Crippen LogP contribution in [0.3, 0.4) is 0 Å². The van der Waals surface area contributed by atoms with Crippen LogP contribution in [0.2, 0.25) is 0 Å². The van der Waals surface area contributed by atoms with Gasteiger partial charge in [0.25, 0.3) is 5.91 Å². The molecule has 174 valence electrons. The maximum absolute atomic E-state index is 13.5. The molecular formula is C25H24N4O4S. The van der Waals surface area contributed by atoms with Gasteiger partial charge in [-0.25, -0.2) is 13.4 Å². The molecule has 0 spiro atoms. The number of carbonyl (C=O) groups is 1. The number of aromatic nitrogens is 2. The van der Waals surface area contributed by atoms with E-state index in [9.17, 15) is 13.2 Å². The van der Waals surface area contributed by atoms with Crippen LogP contribution in [0.15, 0.2) is 83.8 Å². The lowest BCUT2D eigenvalue weighted by Gasteiger charge is -2.40. The van der Waals surface area contributed by atoms with Gasteiger partial charge in [0.05, 0.1) is 23.0 Å². The summed E-state index contributed by atoms with van der Waals surface area (Å²) in [6, 6.07) is 22.2. The minimum absolute atomic E-state index is 0.0962. The predicted molar refractivity (Wildman–Crippen MR) is 128 cm³/mol. The number of carbonyl (C=O) groups excluding carboxylic acids is 1. The molecule has 34 heavy (non-hydrogen) atoms. The van der Waals surface area contributed by atoms with E-state index in [1.165, 1.54) is 4.31 Å². The predicted octanol–water partition coefficient (Wildman–Crippen LogP) is 3.46. The summed E-state index contributed by atoms with van der Waals surface area (Å²) in [5.41, 5.74) is 2.09. The molecule has 1 saturated heterocycles. The van der Waals surface area contributed by atoms with Crippen LogP contribution in [0.1, 0.15) is 22.2 Å². The molecule has 1 atom stereocenters. The summed E-state index contributed by atoms with van der Waals surface area (Å²) in [4.78, 5) is 23.4. The van der Waals surface area contributed by atoms with Crippen molar-refractivity contribution < 1.29 is 17.9 Å². The molecule has 1 amide bonds. The summed E-state index contributed by atoms with van der Waals surface area (Å²) in [6.45, 7) is 0.521. The monoisotopic (exact) mass is 476 g/mol. The van der Waals surface area contributed by atoms with E-state index >= 15 is 0 Å². The lowest BCUT2D eigenvalue weighted by Crippen LogP contribution is -2.52. The number of H-pyrrole nitrogens is 1. The molecule has 1 aliphatic heterocycles. The Balaban J connectivity index is 1.51. The zero-order valence-corrected chi connectivity index (χ0v) is 19.4. The molecule has 0 bridgehead atoms. The van der Waals surface area contributed by atoms with E-state index in [0.29, 0.717) is 17.1 Å². The summed E-state index contributed by atoms with van der Waals surface area (Å²) in [5.74, 6) is 1.02. The van der Waals surface area contributed by atoms with Crippen molar-refractivity contribution in [2.24, 2.45) is 0 Å². The lowest BCUT2D eigenvalue weighted by molar-refractivity contribution is 0.0550. The van der Waals surface area contributed by atoms with Gasteiger partial charge in [0.15, 0.2) is 0 Å². The number of imidazole rings is 1. The Labute approximate surface area is 197 Å². The third-order valence-electron chi connectivity index (χ3n) is 6.05. The number of hydrogen-bond acceptors (Lipinski definition) is 5. The summed E-state index contributed by atoms with van der Waals surface area (Å²) in [6.07, 6.45) is 0. The molecule has 1 N–H and O–H groups in total. The van der Waals surface area contributed by atoms with E-state index in [4.69, 9.17) is 4.74 Å². The van der Waals surface area contributed by atoms with Gasteiger partial charge in [0.1, 0.15) is 17.6 Å². The number of amides is 1. The summed E-state index contributed by atoms with van der Waals surface area (Å²) in [7, 11) is -2.15. The lowest BCUT2D eigenvalue weighted by atomic mass is 10.1. The number of fused-ring (bicyclic) bond motifs is 1. The first kappa shape index (κ1) is 22.1. The number of benzene rings is 3. The van der Waals surface area contributed by atoms with Crippen LogP contribution < -0.4 is 4.74 Å². The first-order chi connectivity index (χ1) is 16.5. The molecule has 5 rings (SSSR count). The van der Waals surface area contributed by atoms with E-state index < -0.39 is 16.1 Å². The first-order valence-corrected chi connectivity index (χ1v) is 12.4. The minimum Gasteiger partial charge on any atom is -0.497 e. The van der Waals surface area contributed by atoms with Gasteiger partial charge in [-0.3, -0.25) is 4.79 Å². The maximum Gasteiger partial charge on any atom is 0.254 e. The first-order valence-electron chi connectivity index (χ1n) is 10.9. The molecular weight excluding hydrogens is 452 g/mol. The third-order valence-corrected chi connectivity index (χ3v) is 7.92. The van der Waals surface area contributed by atoms with Crippen molar-refractivity contribution in [1.82, 2.24) is 19.2 Å². The number of nitrogens with zero attached hydrogens (tertiary/aromatic N) is 3. The Morgan fingerprint density at radius 2 is 1.68 bits per heavy atom. The zero-order chi connectivity index (χ0) is 23.7. The highest BCUT2D eigenvalue weighted by Gasteiger charge is 2.38. The van der Waals surface area contributed by atoms with Crippen molar-refractivity contribution in [2.45, 2.75) is 10.9 Å². The average Bonchev–Trinajstić information content (AvgIpc) is 3.33. The highest BCUT2D eigenvalue weighted by molar-refractivity contribution is 7.89. The molecule has 1 aliphatic rings. The summed E-state index contributed by atoms with van der Waals surface area (Å²) >= 11 is 0. The molecule has 1 fully saturated rings. The Kier molecular flexibility index (Phi) is 5.80. The van der Waals surface area contributed by atoms with Crippen molar-refractivity contribution in [3.63, 3.8) is 0 Å². The second kappa shape index (κ2) is 8.92. The summed E-state index contributed by atoms with van der Waals surface area (Å²) in [5, 5.41) is 0. The molecule has 1 unspecified atom stereocenters. The Bertz CT molecular complexity index is 1390. The SMILES string of the molecule is COc1ccc(C(=O)N2CCN(S(=O)(=O)c3ccccc3)CC2c2nc3ccccc3[nH]2)cc1. The number of sulfonamides is 1. The smallest absolute Gasteiger partial charge is 0.254 e. The largest absolute Gasteiger partial charge is 0.497 e. The van der Waals surface area contributed by atoms with Crippen LogP contribution in [0.4, 0.5) is 0 Å². The number of ether oxygens (including phenoxy) is 1. The van der Waals surface area contributed by atoms with Crippen molar-refractivity contribution in [2.75, 3.05) is 26.7 Å². The molecule has 9 heteroatoms. The van der Waals surface area contributed by atoms with Gasteiger partial charge in [0.2, 0.25) is 10.0 Å². The average molecular weight is 477 g/mol. The Hall–Kier alpha value is -3.69. The molecule has 4 aromatic rings. The normalized spacial score (nSPS) is 17.1. The van der Waals surface area contributed by atoms with Gasteiger partial charge < -0.3 is 14.6 Å². The van der Waals surface area contributed by atoms with E-state index in [2.05, 4.69) is 9.97 Å². The standard InChI is InChI=1S/C25H24N4O4S/c1-33-19-13-11-18(12-14-19)25(30)29-16-15-28(34(31,32)20-7-3-2-4-8-20)17-23(29)24-26-21-9-5-6-10-22(21)27-24/h2-14,23H,15-17H2,1H3,(H,26,27).